The first kappa shape index (κ1) is 16.3. The van der Waals surface area contributed by atoms with E-state index in [2.05, 4.69) is 9.82 Å². The van der Waals surface area contributed by atoms with Crippen LogP contribution in [0.15, 0.2) is 27.4 Å². The average Bonchev–Trinajstić information content (AvgIpc) is 2.81. The van der Waals surface area contributed by atoms with Crippen LogP contribution in [0.2, 0.25) is 0 Å². The number of nitrogens with one attached hydrogen (secondary N) is 2. The van der Waals surface area contributed by atoms with E-state index in [9.17, 15) is 17.6 Å². The molecule has 1 aromatic heterocycles. The summed E-state index contributed by atoms with van der Waals surface area (Å²) in [6.45, 7) is 3.26. The van der Waals surface area contributed by atoms with Crippen LogP contribution in [0.1, 0.15) is 35.9 Å². The molecule has 4 N–H and O–H groups in total. The second-order valence-electron chi connectivity index (χ2n) is 4.85. The van der Waals surface area contributed by atoms with Crippen LogP contribution in [-0.4, -0.2) is 18.6 Å². The Bertz CT molecular complexity index is 809. The molecule has 0 spiro atoms. The molecule has 2 rings (SSSR count). The van der Waals surface area contributed by atoms with Crippen LogP contribution >= 0.6 is 0 Å². The number of halogens is 1. The van der Waals surface area contributed by atoms with Crippen molar-refractivity contribution in [3.05, 3.63) is 51.6 Å². The van der Waals surface area contributed by atoms with Crippen molar-refractivity contribution in [1.29, 1.82) is 0 Å². The number of hydrogen-bond donors (Lipinski definition) is 3. The van der Waals surface area contributed by atoms with Gasteiger partial charge in [0.15, 0.2) is 0 Å². The lowest BCUT2D eigenvalue weighted by molar-refractivity contribution is 0.377. The monoisotopic (exact) mass is 330 g/mol. The lowest BCUT2D eigenvalue weighted by atomic mass is 9.90. The molecule has 0 unspecified atom stereocenters. The highest BCUT2D eigenvalue weighted by Crippen LogP contribution is 2.33. The highest BCUT2D eigenvalue weighted by Gasteiger charge is 2.31. The molecule has 0 aliphatic heterocycles. The number of aromatic amines is 1. The van der Waals surface area contributed by atoms with Gasteiger partial charge in [0.05, 0.1) is 0 Å². The molecule has 0 radical (unpaired) electrons. The highest BCUT2D eigenvalue weighted by molar-refractivity contribution is 7.87. The van der Waals surface area contributed by atoms with E-state index < -0.39 is 33.7 Å². The number of rotatable bonds is 5. The number of aryl methyl sites for hydroxylation is 1. The maximum Gasteiger partial charge on any atom is 0.434 e. The van der Waals surface area contributed by atoms with Gasteiger partial charge in [0.25, 0.3) is 10.2 Å². The number of benzene rings is 1. The minimum atomic E-state index is -4.13. The second kappa shape index (κ2) is 5.99. The standard InChI is InChI=1S/C12H15FN4O4S/c1-6-4-3-5-8(13)9(6)7(2)10(17-22(14,19)20)11-15-16-12(18)21-11/h3-5,7,10,17H,1-2H3,(H,16,18)(H2,14,19,20)/t7-,10-/m0/s1. The predicted octanol–water partition coefficient (Wildman–Crippen LogP) is 0.448. The maximum absolute atomic E-state index is 14.1. The zero-order chi connectivity index (χ0) is 16.5. The second-order valence-corrected chi connectivity index (χ2v) is 6.18. The number of hydrogen-bond acceptors (Lipinski definition) is 5. The van der Waals surface area contributed by atoms with Crippen LogP contribution in [0.4, 0.5) is 4.39 Å². The van der Waals surface area contributed by atoms with Crippen LogP contribution < -0.4 is 15.6 Å². The van der Waals surface area contributed by atoms with Gasteiger partial charge in [0.1, 0.15) is 11.9 Å². The molecule has 2 aromatic rings. The number of nitrogens with zero attached hydrogens (tertiary/aromatic N) is 1. The zero-order valence-corrected chi connectivity index (χ0v) is 12.6. The van der Waals surface area contributed by atoms with Gasteiger partial charge < -0.3 is 4.42 Å². The first-order valence-electron chi connectivity index (χ1n) is 6.29. The van der Waals surface area contributed by atoms with Crippen LogP contribution in [0.3, 0.4) is 0 Å². The van der Waals surface area contributed by atoms with Gasteiger partial charge in [0.2, 0.25) is 5.89 Å². The fourth-order valence-electron chi connectivity index (χ4n) is 2.31. The molecular weight excluding hydrogens is 315 g/mol. The molecule has 8 nitrogen and oxygen atoms in total. The minimum absolute atomic E-state index is 0.228. The Balaban J connectivity index is 2.51. The molecule has 0 fully saturated rings. The van der Waals surface area contributed by atoms with E-state index in [0.29, 0.717) is 5.56 Å². The van der Waals surface area contributed by atoms with Gasteiger partial charge in [-0.2, -0.15) is 13.1 Å². The third-order valence-corrected chi connectivity index (χ3v) is 3.82. The Morgan fingerprint density at radius 3 is 2.64 bits per heavy atom. The molecule has 0 aliphatic carbocycles. The number of H-pyrrole nitrogens is 1. The molecule has 1 aromatic carbocycles. The summed E-state index contributed by atoms with van der Waals surface area (Å²) in [7, 11) is -4.13. The number of nitrogens with two attached hydrogens (primary N) is 1. The third-order valence-electron chi connectivity index (χ3n) is 3.24. The highest BCUT2D eigenvalue weighted by atomic mass is 32.2. The van der Waals surface area contributed by atoms with Crippen molar-refractivity contribution in [1.82, 2.24) is 14.9 Å². The van der Waals surface area contributed by atoms with E-state index in [4.69, 9.17) is 9.56 Å². The Kier molecular flexibility index (Phi) is 4.44. The zero-order valence-electron chi connectivity index (χ0n) is 11.8. The Labute approximate surface area is 125 Å². The lowest BCUT2D eigenvalue weighted by Gasteiger charge is -2.23. The van der Waals surface area contributed by atoms with Gasteiger partial charge in [-0.3, -0.25) is 0 Å². The van der Waals surface area contributed by atoms with Crippen molar-refractivity contribution in [2.24, 2.45) is 5.14 Å². The van der Waals surface area contributed by atoms with Crippen molar-refractivity contribution >= 4 is 10.2 Å². The smallest absolute Gasteiger partial charge is 0.391 e. The van der Waals surface area contributed by atoms with E-state index >= 15 is 0 Å². The average molecular weight is 330 g/mol. The fourth-order valence-corrected chi connectivity index (χ4v) is 2.96. The van der Waals surface area contributed by atoms with Gasteiger partial charge in [-0.1, -0.05) is 19.1 Å². The van der Waals surface area contributed by atoms with Crippen molar-refractivity contribution in [2.45, 2.75) is 25.8 Å². The molecule has 0 bridgehead atoms. The maximum atomic E-state index is 14.1. The third kappa shape index (κ3) is 3.59. The van der Waals surface area contributed by atoms with Gasteiger partial charge in [-0.15, -0.1) is 5.10 Å². The van der Waals surface area contributed by atoms with Gasteiger partial charge in [-0.25, -0.2) is 19.4 Å². The Hall–Kier alpha value is -2.04. The molecular formula is C12H15FN4O4S. The molecule has 0 saturated carbocycles. The molecule has 0 amide bonds. The van der Waals surface area contributed by atoms with Gasteiger partial charge in [0, 0.05) is 5.92 Å². The van der Waals surface area contributed by atoms with Crippen LogP contribution in [0.25, 0.3) is 0 Å². The number of aromatic nitrogens is 2. The summed E-state index contributed by atoms with van der Waals surface area (Å²) < 4.78 is 43.7. The minimum Gasteiger partial charge on any atom is -0.391 e. The van der Waals surface area contributed by atoms with Crippen LogP contribution in [0, 0.1) is 12.7 Å². The Morgan fingerprint density at radius 2 is 2.14 bits per heavy atom. The fraction of sp³-hybridized carbons (Fsp3) is 0.333. The van der Waals surface area contributed by atoms with Gasteiger partial charge >= 0.3 is 5.76 Å². The van der Waals surface area contributed by atoms with Crippen molar-refractivity contribution < 1.29 is 17.2 Å². The summed E-state index contributed by atoms with van der Waals surface area (Å²) in [5.41, 5.74) is 0.890. The summed E-state index contributed by atoms with van der Waals surface area (Å²) in [5.74, 6) is -2.31. The first-order chi connectivity index (χ1) is 10.2. The molecule has 0 aliphatic rings. The SMILES string of the molecule is Cc1cccc(F)c1[C@H](C)[C@H](NS(N)(=O)=O)c1n[nH]c(=O)o1. The summed E-state index contributed by atoms with van der Waals surface area (Å²) in [5, 5.41) is 10.6. The molecule has 22 heavy (non-hydrogen) atoms. The normalized spacial score (nSPS) is 14.7. The molecule has 2 atom stereocenters. The van der Waals surface area contributed by atoms with E-state index in [1.807, 2.05) is 5.10 Å². The van der Waals surface area contributed by atoms with Crippen molar-refractivity contribution in [3.8, 4) is 0 Å². The van der Waals surface area contributed by atoms with E-state index in [1.165, 1.54) is 12.1 Å². The predicted molar refractivity (Wildman–Crippen MR) is 75.7 cm³/mol. The summed E-state index contributed by atoms with van der Waals surface area (Å²) in [6.07, 6.45) is 0. The lowest BCUT2D eigenvalue weighted by Crippen LogP contribution is -2.37. The Morgan fingerprint density at radius 1 is 1.45 bits per heavy atom. The molecule has 120 valence electrons. The summed E-state index contributed by atoms with van der Waals surface area (Å²) in [6, 6.07) is 3.35. The molecule has 1 heterocycles. The summed E-state index contributed by atoms with van der Waals surface area (Å²) >= 11 is 0. The summed E-state index contributed by atoms with van der Waals surface area (Å²) in [4.78, 5) is 11.1. The van der Waals surface area contributed by atoms with Crippen LogP contribution in [0.5, 0.6) is 0 Å². The van der Waals surface area contributed by atoms with Gasteiger partial charge in [-0.05, 0) is 24.1 Å². The quantitative estimate of drug-likeness (QED) is 0.732. The van der Waals surface area contributed by atoms with E-state index in [0.717, 1.165) is 0 Å². The van der Waals surface area contributed by atoms with E-state index in [-0.39, 0.29) is 11.5 Å². The molecule has 0 saturated heterocycles. The van der Waals surface area contributed by atoms with Crippen molar-refractivity contribution in [2.75, 3.05) is 0 Å². The van der Waals surface area contributed by atoms with Crippen LogP contribution in [-0.2, 0) is 10.2 Å². The van der Waals surface area contributed by atoms with Crippen molar-refractivity contribution in [3.63, 3.8) is 0 Å². The molecule has 10 heteroatoms. The first-order valence-corrected chi connectivity index (χ1v) is 7.84. The largest absolute Gasteiger partial charge is 0.434 e. The van der Waals surface area contributed by atoms with E-state index in [1.54, 1.807) is 19.9 Å². The topological polar surface area (TPSA) is 131 Å².